The minimum atomic E-state index is -0.151. The van der Waals surface area contributed by atoms with Gasteiger partial charge in [0.2, 0.25) is 12.5 Å². The van der Waals surface area contributed by atoms with E-state index in [0.717, 1.165) is 11.1 Å². The van der Waals surface area contributed by atoms with E-state index < -0.39 is 0 Å². The van der Waals surface area contributed by atoms with Gasteiger partial charge in [-0.25, -0.2) is 0 Å². The zero-order valence-electron chi connectivity index (χ0n) is 14.9. The summed E-state index contributed by atoms with van der Waals surface area (Å²) in [5.74, 6) is -0.290. The lowest BCUT2D eigenvalue weighted by Gasteiger charge is -2.07. The second-order valence-electron chi connectivity index (χ2n) is 5.94. The van der Waals surface area contributed by atoms with E-state index in [1.165, 1.54) is 6.92 Å². The summed E-state index contributed by atoms with van der Waals surface area (Å²) in [7, 11) is 0. The zero-order chi connectivity index (χ0) is 18.4. The number of carbonyl (C=O) groups excluding carboxylic acids is 2. The molecule has 0 aliphatic rings. The van der Waals surface area contributed by atoms with Crippen molar-refractivity contribution in [3.8, 4) is 11.1 Å². The van der Waals surface area contributed by atoms with Crippen LogP contribution in [-0.2, 0) is 16.1 Å². The van der Waals surface area contributed by atoms with Gasteiger partial charge in [-0.1, -0.05) is 36.4 Å². The highest BCUT2D eigenvalue weighted by Crippen LogP contribution is 2.17. The van der Waals surface area contributed by atoms with Crippen LogP contribution in [0.5, 0.6) is 0 Å². The largest absolute Gasteiger partial charge is 1.00 e. The van der Waals surface area contributed by atoms with Crippen LogP contribution in [0.3, 0.4) is 0 Å². The third-order valence-corrected chi connectivity index (χ3v) is 3.76. The van der Waals surface area contributed by atoms with Crippen molar-refractivity contribution in [3.63, 3.8) is 0 Å². The highest BCUT2D eigenvalue weighted by atomic mass is 35.5. The number of hydrogen-bond acceptors (Lipinski definition) is 2. The molecule has 5 nitrogen and oxygen atoms in total. The van der Waals surface area contributed by atoms with Gasteiger partial charge in [-0.2, -0.15) is 4.57 Å². The molecule has 3 rings (SSSR count). The van der Waals surface area contributed by atoms with E-state index in [1.54, 1.807) is 24.3 Å². The molecule has 0 aliphatic heterocycles. The van der Waals surface area contributed by atoms with Crippen LogP contribution in [0.15, 0.2) is 79.1 Å². The number of carbonyl (C=O) groups is 2. The molecule has 0 bridgehead atoms. The number of aromatic nitrogens is 1. The van der Waals surface area contributed by atoms with Gasteiger partial charge < -0.3 is 23.0 Å². The van der Waals surface area contributed by atoms with Crippen molar-refractivity contribution in [3.05, 3.63) is 79.1 Å². The normalized spacial score (nSPS) is 9.81. The van der Waals surface area contributed by atoms with E-state index >= 15 is 0 Å². The molecule has 1 heterocycles. The Hall–Kier alpha value is -3.18. The maximum absolute atomic E-state index is 12.3. The van der Waals surface area contributed by atoms with E-state index in [-0.39, 0.29) is 30.8 Å². The van der Waals surface area contributed by atoms with Crippen LogP contribution in [-0.4, -0.2) is 11.8 Å². The Morgan fingerprint density at radius 3 is 2.22 bits per heavy atom. The number of benzene rings is 2. The smallest absolute Gasteiger partial charge is 0.290 e. The number of hydrogen-bond donors (Lipinski definition) is 2. The third kappa shape index (κ3) is 5.94. The van der Waals surface area contributed by atoms with E-state index in [4.69, 9.17) is 0 Å². The maximum Gasteiger partial charge on any atom is 0.290 e. The minimum absolute atomic E-state index is 0. The summed E-state index contributed by atoms with van der Waals surface area (Å²) in [5, 5.41) is 5.55. The lowest BCUT2D eigenvalue weighted by Crippen LogP contribution is -3.00. The summed E-state index contributed by atoms with van der Waals surface area (Å²) in [6, 6.07) is 21.0. The first-order valence-electron chi connectivity index (χ1n) is 8.32. The van der Waals surface area contributed by atoms with Gasteiger partial charge in [0.1, 0.15) is 0 Å². The molecule has 138 valence electrons. The van der Waals surface area contributed by atoms with Crippen LogP contribution in [0.25, 0.3) is 11.1 Å². The molecule has 3 aromatic rings. The predicted octanol–water partition coefficient (Wildman–Crippen LogP) is 0.242. The molecule has 1 aromatic heterocycles. The van der Waals surface area contributed by atoms with Gasteiger partial charge in [0.25, 0.3) is 5.91 Å². The zero-order valence-corrected chi connectivity index (χ0v) is 15.6. The van der Waals surface area contributed by atoms with Crippen molar-refractivity contribution >= 4 is 23.2 Å². The van der Waals surface area contributed by atoms with Gasteiger partial charge in [0, 0.05) is 29.9 Å². The molecule has 0 fully saturated rings. The van der Waals surface area contributed by atoms with Gasteiger partial charge >= 0.3 is 0 Å². The van der Waals surface area contributed by atoms with Gasteiger partial charge in [-0.05, 0) is 29.8 Å². The summed E-state index contributed by atoms with van der Waals surface area (Å²) in [5.41, 5.74) is 3.44. The van der Waals surface area contributed by atoms with E-state index in [2.05, 4.69) is 10.6 Å². The molecular weight excluding hydrogens is 362 g/mol. The topological polar surface area (TPSA) is 62.1 Å². The number of amides is 2. The summed E-state index contributed by atoms with van der Waals surface area (Å²) >= 11 is 0. The molecule has 2 amide bonds. The van der Waals surface area contributed by atoms with E-state index in [1.807, 2.05) is 59.4 Å². The van der Waals surface area contributed by atoms with Gasteiger partial charge in [0.15, 0.2) is 12.4 Å². The maximum atomic E-state index is 12.3. The van der Waals surface area contributed by atoms with Crippen LogP contribution in [0.4, 0.5) is 11.4 Å². The number of pyridine rings is 1. The SMILES string of the molecule is CC(=O)Nc1cccc(NC(=O)C[n+]2cccc(-c3ccccc3)c2)c1.[Cl-]. The first kappa shape index (κ1) is 20.1. The highest BCUT2D eigenvalue weighted by Gasteiger charge is 2.11. The van der Waals surface area contributed by atoms with Crippen molar-refractivity contribution in [2.45, 2.75) is 13.5 Å². The van der Waals surface area contributed by atoms with E-state index in [0.29, 0.717) is 11.4 Å². The first-order valence-corrected chi connectivity index (χ1v) is 8.32. The molecule has 27 heavy (non-hydrogen) atoms. The minimum Gasteiger partial charge on any atom is -1.00 e. The van der Waals surface area contributed by atoms with E-state index in [9.17, 15) is 9.59 Å². The highest BCUT2D eigenvalue weighted by molar-refractivity contribution is 5.92. The Kier molecular flexibility index (Phi) is 7.08. The van der Waals surface area contributed by atoms with Crippen LogP contribution >= 0.6 is 0 Å². The van der Waals surface area contributed by atoms with Crippen molar-refractivity contribution in [2.24, 2.45) is 0 Å². The Morgan fingerprint density at radius 2 is 1.52 bits per heavy atom. The van der Waals surface area contributed by atoms with Gasteiger partial charge in [-0.15, -0.1) is 0 Å². The summed E-state index contributed by atoms with van der Waals surface area (Å²) in [4.78, 5) is 23.5. The number of rotatable bonds is 5. The molecule has 0 radical (unpaired) electrons. The Labute approximate surface area is 164 Å². The van der Waals surface area contributed by atoms with Crippen molar-refractivity contribution < 1.29 is 26.6 Å². The average Bonchev–Trinajstić information content (AvgIpc) is 2.62. The first-order chi connectivity index (χ1) is 12.6. The van der Waals surface area contributed by atoms with Crippen molar-refractivity contribution in [1.29, 1.82) is 0 Å². The molecule has 0 saturated carbocycles. The molecular formula is C21H20ClN3O2. The summed E-state index contributed by atoms with van der Waals surface area (Å²) in [6.07, 6.45) is 3.81. The fraction of sp³-hybridized carbons (Fsp3) is 0.0952. The lowest BCUT2D eigenvalue weighted by molar-refractivity contribution is -0.683. The molecule has 2 aromatic carbocycles. The number of nitrogens with zero attached hydrogens (tertiary/aromatic N) is 1. The Balaban J connectivity index is 0.00000261. The fourth-order valence-electron chi connectivity index (χ4n) is 2.67. The second-order valence-corrected chi connectivity index (χ2v) is 5.94. The van der Waals surface area contributed by atoms with Crippen LogP contribution < -0.4 is 27.6 Å². The quantitative estimate of drug-likeness (QED) is 0.622. The monoisotopic (exact) mass is 381 g/mol. The number of anilines is 2. The van der Waals surface area contributed by atoms with Gasteiger partial charge in [-0.3, -0.25) is 9.59 Å². The molecule has 0 atom stereocenters. The van der Waals surface area contributed by atoms with Crippen LogP contribution in [0.2, 0.25) is 0 Å². The van der Waals surface area contributed by atoms with Crippen molar-refractivity contribution in [1.82, 2.24) is 0 Å². The molecule has 0 spiro atoms. The van der Waals surface area contributed by atoms with Gasteiger partial charge in [0.05, 0.1) is 0 Å². The summed E-state index contributed by atoms with van der Waals surface area (Å²) < 4.78 is 1.84. The summed E-state index contributed by atoms with van der Waals surface area (Å²) in [6.45, 7) is 1.65. The molecule has 0 unspecified atom stereocenters. The number of nitrogens with one attached hydrogen (secondary N) is 2. The average molecular weight is 382 g/mol. The predicted molar refractivity (Wildman–Crippen MR) is 101 cm³/mol. The molecule has 2 N–H and O–H groups in total. The lowest BCUT2D eigenvalue weighted by atomic mass is 10.1. The second kappa shape index (κ2) is 9.50. The van der Waals surface area contributed by atoms with Crippen LogP contribution in [0.1, 0.15) is 6.92 Å². The Morgan fingerprint density at radius 1 is 0.852 bits per heavy atom. The molecule has 6 heteroatoms. The fourth-order valence-corrected chi connectivity index (χ4v) is 2.67. The number of halogens is 1. The molecule has 0 aliphatic carbocycles. The third-order valence-electron chi connectivity index (χ3n) is 3.76. The molecule has 0 saturated heterocycles. The van der Waals surface area contributed by atoms with Crippen molar-refractivity contribution in [2.75, 3.05) is 10.6 Å². The standard InChI is InChI=1S/C21H19N3O2.ClH/c1-16(25)22-19-10-5-11-20(13-19)23-21(26)15-24-12-6-9-18(14-24)17-7-3-2-4-8-17;/h2-14H,15H2,1H3,(H-,22,23,25,26);1H. The van der Waals surface area contributed by atoms with Crippen LogP contribution in [0, 0.1) is 0 Å². The Bertz CT molecular complexity index is 929.